The highest BCUT2D eigenvalue weighted by atomic mass is 35.5. The smallest absolute Gasteiger partial charge is 0.352 e. The van der Waals surface area contributed by atoms with Gasteiger partial charge in [-0.3, -0.25) is 19.4 Å². The Morgan fingerprint density at radius 2 is 1.52 bits per heavy atom. The summed E-state index contributed by atoms with van der Waals surface area (Å²) in [7, 11) is 0. The molecule has 0 saturated heterocycles. The highest BCUT2D eigenvalue weighted by molar-refractivity contribution is 6.39. The first-order valence-electron chi connectivity index (χ1n) is 9.60. The molecule has 0 bridgehead atoms. The van der Waals surface area contributed by atoms with Gasteiger partial charge >= 0.3 is 5.97 Å². The molecule has 1 amide bonds. The highest BCUT2D eigenvalue weighted by Crippen LogP contribution is 2.29. The number of nitrogens with one attached hydrogen (secondary N) is 3. The lowest BCUT2D eigenvalue weighted by atomic mass is 10.1. The first kappa shape index (κ1) is 24.0. The monoisotopic (exact) mass is 488 g/mol. The van der Waals surface area contributed by atoms with Crippen LogP contribution in [-0.4, -0.2) is 28.0 Å². The van der Waals surface area contributed by atoms with Gasteiger partial charge in [0, 0.05) is 24.0 Å². The molecule has 0 fully saturated rings. The van der Waals surface area contributed by atoms with E-state index in [0.29, 0.717) is 5.56 Å². The standard InChI is InChI=1S/C22H18Cl2N4O5/c1-10(2)26-17-18(20(30)19(17)29)27-15(22(32)33)7-11-3-5-12(6-4-11)21(31)28-16-13(23)8-25-9-14(16)24/h3-10,26-27H,1-2H3,(H,32,33)(H,25,28,31)/b15-7+. The van der Waals surface area contributed by atoms with Crippen molar-refractivity contribution < 1.29 is 14.7 Å². The van der Waals surface area contributed by atoms with E-state index in [1.807, 2.05) is 0 Å². The molecule has 0 saturated carbocycles. The fourth-order valence-electron chi connectivity index (χ4n) is 2.84. The van der Waals surface area contributed by atoms with E-state index in [0.717, 1.165) is 0 Å². The molecule has 170 valence electrons. The number of pyridine rings is 1. The van der Waals surface area contributed by atoms with Gasteiger partial charge in [0.05, 0.1) is 15.7 Å². The minimum atomic E-state index is -1.33. The second kappa shape index (κ2) is 9.85. The molecule has 0 aliphatic rings. The largest absolute Gasteiger partial charge is 0.477 e. The number of carbonyl (C=O) groups is 2. The SMILES string of the molecule is CC(C)Nc1c(N/C(=C/c2ccc(C(=O)Nc3c(Cl)cncc3Cl)cc2)C(=O)O)c(=O)c1=O. The summed E-state index contributed by atoms with van der Waals surface area (Å²) < 4.78 is 0. The molecule has 1 aromatic heterocycles. The summed E-state index contributed by atoms with van der Waals surface area (Å²) in [5, 5.41) is 17.8. The fourth-order valence-corrected chi connectivity index (χ4v) is 3.30. The number of halogens is 2. The summed E-state index contributed by atoms with van der Waals surface area (Å²) >= 11 is 12.0. The number of nitrogens with zero attached hydrogens (tertiary/aromatic N) is 1. The normalized spacial score (nSPS) is 11.5. The van der Waals surface area contributed by atoms with Gasteiger partial charge in [-0.2, -0.15) is 0 Å². The lowest BCUT2D eigenvalue weighted by Crippen LogP contribution is -2.39. The van der Waals surface area contributed by atoms with E-state index in [-0.39, 0.29) is 44.4 Å². The number of carboxylic acids is 1. The minimum Gasteiger partial charge on any atom is -0.477 e. The zero-order valence-corrected chi connectivity index (χ0v) is 18.9. The Hall–Kier alpha value is -3.69. The first-order valence-corrected chi connectivity index (χ1v) is 10.4. The number of carbonyl (C=O) groups excluding carboxylic acids is 1. The van der Waals surface area contributed by atoms with Crippen molar-refractivity contribution in [1.29, 1.82) is 0 Å². The summed E-state index contributed by atoms with van der Waals surface area (Å²) in [6.07, 6.45) is 3.96. The van der Waals surface area contributed by atoms with Crippen molar-refractivity contribution in [3.63, 3.8) is 0 Å². The summed E-state index contributed by atoms with van der Waals surface area (Å²) in [4.78, 5) is 51.6. The average Bonchev–Trinajstić information content (AvgIpc) is 2.77. The van der Waals surface area contributed by atoms with Crippen molar-refractivity contribution in [3.8, 4) is 0 Å². The molecule has 1 heterocycles. The summed E-state index contributed by atoms with van der Waals surface area (Å²) in [6, 6.07) is 5.87. The van der Waals surface area contributed by atoms with Crippen LogP contribution in [0.3, 0.4) is 0 Å². The van der Waals surface area contributed by atoms with Gasteiger partial charge in [-0.05, 0) is 37.6 Å². The Labute approximate surface area is 197 Å². The number of anilines is 3. The number of carboxylic acid groups (broad SMARTS) is 1. The molecule has 33 heavy (non-hydrogen) atoms. The van der Waals surface area contributed by atoms with Crippen LogP contribution in [0.25, 0.3) is 6.08 Å². The van der Waals surface area contributed by atoms with Crippen LogP contribution in [0.1, 0.15) is 29.8 Å². The lowest BCUT2D eigenvalue weighted by molar-refractivity contribution is -0.132. The van der Waals surface area contributed by atoms with Crippen molar-refractivity contribution in [2.45, 2.75) is 19.9 Å². The van der Waals surface area contributed by atoms with Crippen LogP contribution in [0.5, 0.6) is 0 Å². The molecule has 0 radical (unpaired) electrons. The highest BCUT2D eigenvalue weighted by Gasteiger charge is 2.23. The number of aliphatic carboxylic acids is 1. The second-order valence-electron chi connectivity index (χ2n) is 7.25. The van der Waals surface area contributed by atoms with Crippen molar-refractivity contribution in [1.82, 2.24) is 4.98 Å². The minimum absolute atomic E-state index is 0.0441. The van der Waals surface area contributed by atoms with E-state index in [2.05, 4.69) is 20.9 Å². The second-order valence-corrected chi connectivity index (χ2v) is 8.06. The maximum absolute atomic E-state index is 12.5. The predicted octanol–water partition coefficient (Wildman–Crippen LogP) is 3.59. The lowest BCUT2D eigenvalue weighted by Gasteiger charge is -2.17. The van der Waals surface area contributed by atoms with Crippen LogP contribution >= 0.6 is 23.2 Å². The van der Waals surface area contributed by atoms with Gasteiger partial charge in [-0.1, -0.05) is 35.3 Å². The molecule has 0 unspecified atom stereocenters. The Morgan fingerprint density at radius 1 is 0.939 bits per heavy atom. The third-order valence-electron chi connectivity index (χ3n) is 4.41. The third kappa shape index (κ3) is 5.39. The van der Waals surface area contributed by atoms with E-state index in [1.165, 1.54) is 42.7 Å². The van der Waals surface area contributed by atoms with E-state index in [1.54, 1.807) is 13.8 Å². The number of amides is 1. The number of aromatic nitrogens is 1. The summed E-state index contributed by atoms with van der Waals surface area (Å²) in [5.41, 5.74) is -0.959. The Bertz CT molecular complexity index is 1310. The predicted molar refractivity (Wildman–Crippen MR) is 128 cm³/mol. The van der Waals surface area contributed by atoms with Crippen LogP contribution < -0.4 is 26.8 Å². The van der Waals surface area contributed by atoms with Gasteiger partial charge < -0.3 is 21.1 Å². The van der Waals surface area contributed by atoms with Crippen molar-refractivity contribution in [3.05, 3.63) is 84.0 Å². The van der Waals surface area contributed by atoms with Gasteiger partial charge in [-0.15, -0.1) is 0 Å². The molecule has 0 atom stereocenters. The van der Waals surface area contributed by atoms with Gasteiger partial charge in [0.15, 0.2) is 0 Å². The Balaban J connectivity index is 1.80. The van der Waals surface area contributed by atoms with Gasteiger partial charge in [-0.25, -0.2) is 4.79 Å². The zero-order chi connectivity index (χ0) is 24.3. The molecular formula is C22H18Cl2N4O5. The molecule has 0 aliphatic carbocycles. The molecule has 0 spiro atoms. The van der Waals surface area contributed by atoms with Crippen LogP contribution in [0, 0.1) is 0 Å². The van der Waals surface area contributed by atoms with E-state index < -0.39 is 22.7 Å². The molecule has 9 nitrogen and oxygen atoms in total. The topological polar surface area (TPSA) is 137 Å². The molecule has 4 N–H and O–H groups in total. The van der Waals surface area contributed by atoms with Gasteiger partial charge in [0.1, 0.15) is 17.1 Å². The molecule has 11 heteroatoms. The molecule has 0 aliphatic heterocycles. The van der Waals surface area contributed by atoms with Crippen LogP contribution in [-0.2, 0) is 4.79 Å². The number of benzene rings is 1. The number of rotatable bonds is 8. The fraction of sp³-hybridized carbons (Fsp3) is 0.136. The average molecular weight is 489 g/mol. The molecule has 3 aromatic rings. The van der Waals surface area contributed by atoms with Crippen LogP contribution in [0.15, 0.2) is 51.9 Å². The first-order chi connectivity index (χ1) is 15.6. The Morgan fingerprint density at radius 3 is 2.06 bits per heavy atom. The molecule has 2 aromatic carbocycles. The van der Waals surface area contributed by atoms with E-state index in [9.17, 15) is 24.3 Å². The van der Waals surface area contributed by atoms with E-state index >= 15 is 0 Å². The molecule has 3 rings (SSSR count). The van der Waals surface area contributed by atoms with Crippen molar-refractivity contribution in [2.24, 2.45) is 0 Å². The zero-order valence-electron chi connectivity index (χ0n) is 17.4. The summed E-state index contributed by atoms with van der Waals surface area (Å²) in [5.74, 6) is -1.81. The Kier molecular flexibility index (Phi) is 7.15. The maximum Gasteiger partial charge on any atom is 0.352 e. The van der Waals surface area contributed by atoms with Crippen LogP contribution in [0.2, 0.25) is 10.0 Å². The van der Waals surface area contributed by atoms with Crippen LogP contribution in [0.4, 0.5) is 17.1 Å². The number of hydrogen-bond acceptors (Lipinski definition) is 7. The summed E-state index contributed by atoms with van der Waals surface area (Å²) in [6.45, 7) is 3.56. The van der Waals surface area contributed by atoms with Gasteiger partial charge in [0.2, 0.25) is 0 Å². The number of hydrogen-bond donors (Lipinski definition) is 4. The maximum atomic E-state index is 12.5. The quantitative estimate of drug-likeness (QED) is 0.278. The van der Waals surface area contributed by atoms with Crippen molar-refractivity contribution >= 4 is 58.2 Å². The van der Waals surface area contributed by atoms with Crippen molar-refractivity contribution in [2.75, 3.05) is 16.0 Å². The third-order valence-corrected chi connectivity index (χ3v) is 4.98. The van der Waals surface area contributed by atoms with Gasteiger partial charge in [0.25, 0.3) is 16.8 Å². The van der Waals surface area contributed by atoms with E-state index in [4.69, 9.17) is 23.2 Å². The molecular weight excluding hydrogens is 471 g/mol.